The maximum atomic E-state index is 11.2. The molecule has 2 atom stereocenters. The maximum Gasteiger partial charge on any atom is 0.294 e. The van der Waals surface area contributed by atoms with E-state index in [4.69, 9.17) is 17.3 Å². The number of halogens is 1. The van der Waals surface area contributed by atoms with Crippen molar-refractivity contribution in [1.82, 2.24) is 0 Å². The summed E-state index contributed by atoms with van der Waals surface area (Å²) in [4.78, 5) is 12.8. The molecule has 1 aliphatic carbocycles. The van der Waals surface area contributed by atoms with Crippen LogP contribution in [0.15, 0.2) is 18.2 Å². The summed E-state index contributed by atoms with van der Waals surface area (Å²) < 4.78 is 0. The summed E-state index contributed by atoms with van der Waals surface area (Å²) in [6.45, 7) is 0.604. The monoisotopic (exact) mass is 297 g/mol. The van der Waals surface area contributed by atoms with Gasteiger partial charge in [0, 0.05) is 19.2 Å². The molecule has 0 spiro atoms. The van der Waals surface area contributed by atoms with Crippen molar-refractivity contribution in [3.8, 4) is 0 Å². The van der Waals surface area contributed by atoms with Crippen molar-refractivity contribution in [3.05, 3.63) is 33.3 Å². The second-order valence-electron chi connectivity index (χ2n) is 5.32. The molecule has 1 saturated carbocycles. The Morgan fingerprint density at radius 3 is 2.80 bits per heavy atom. The van der Waals surface area contributed by atoms with Crippen molar-refractivity contribution in [1.29, 1.82) is 0 Å². The van der Waals surface area contributed by atoms with Crippen LogP contribution in [0.5, 0.6) is 0 Å². The van der Waals surface area contributed by atoms with Crippen molar-refractivity contribution in [3.63, 3.8) is 0 Å². The van der Waals surface area contributed by atoms with Gasteiger partial charge in [0.15, 0.2) is 0 Å². The van der Waals surface area contributed by atoms with Gasteiger partial charge < -0.3 is 10.6 Å². The standard InChI is InChI=1S/C14H20ClN3O2/c1-17(12-7-3-2-5-10(12)9-16)14-11(15)6-4-8-13(14)18(19)20/h4,6,8,10,12H,2-3,5,7,9,16H2,1H3. The molecule has 2 rings (SSSR count). The fraction of sp³-hybridized carbons (Fsp3) is 0.571. The molecule has 0 aromatic heterocycles. The largest absolute Gasteiger partial charge is 0.365 e. The maximum absolute atomic E-state index is 11.2. The van der Waals surface area contributed by atoms with Crippen LogP contribution in [-0.2, 0) is 0 Å². The summed E-state index contributed by atoms with van der Waals surface area (Å²) >= 11 is 6.20. The third-order valence-corrected chi connectivity index (χ3v) is 4.49. The van der Waals surface area contributed by atoms with Crippen molar-refractivity contribution in [2.75, 3.05) is 18.5 Å². The molecule has 2 unspecified atom stereocenters. The zero-order valence-electron chi connectivity index (χ0n) is 11.6. The Morgan fingerprint density at radius 2 is 2.15 bits per heavy atom. The summed E-state index contributed by atoms with van der Waals surface area (Å²) in [5.41, 5.74) is 6.41. The van der Waals surface area contributed by atoms with Crippen LogP contribution in [0.4, 0.5) is 11.4 Å². The van der Waals surface area contributed by atoms with Crippen LogP contribution in [0, 0.1) is 16.0 Å². The minimum Gasteiger partial charge on any atom is -0.365 e. The number of anilines is 1. The van der Waals surface area contributed by atoms with E-state index < -0.39 is 0 Å². The van der Waals surface area contributed by atoms with Gasteiger partial charge in [-0.2, -0.15) is 0 Å². The van der Waals surface area contributed by atoms with Crippen LogP contribution in [-0.4, -0.2) is 24.6 Å². The average molecular weight is 298 g/mol. The average Bonchev–Trinajstić information content (AvgIpc) is 2.46. The Hall–Kier alpha value is -1.33. The molecule has 1 fully saturated rings. The molecular weight excluding hydrogens is 278 g/mol. The number of nitro benzene ring substituents is 1. The molecule has 20 heavy (non-hydrogen) atoms. The van der Waals surface area contributed by atoms with Gasteiger partial charge in [0.1, 0.15) is 5.69 Å². The highest BCUT2D eigenvalue weighted by Crippen LogP contribution is 2.39. The lowest BCUT2D eigenvalue weighted by atomic mass is 9.83. The summed E-state index contributed by atoms with van der Waals surface area (Å²) in [7, 11) is 1.88. The molecule has 1 aromatic rings. The van der Waals surface area contributed by atoms with Crippen molar-refractivity contribution < 1.29 is 4.92 Å². The zero-order valence-corrected chi connectivity index (χ0v) is 12.3. The SMILES string of the molecule is CN(c1c(Cl)cccc1[N+](=O)[O-])C1CCCCC1CN. The van der Waals surface area contributed by atoms with Crippen LogP contribution >= 0.6 is 11.6 Å². The fourth-order valence-corrected chi connectivity index (χ4v) is 3.44. The van der Waals surface area contributed by atoms with Crippen LogP contribution in [0.1, 0.15) is 25.7 Å². The molecule has 5 nitrogen and oxygen atoms in total. The van der Waals surface area contributed by atoms with Gasteiger partial charge in [-0.15, -0.1) is 0 Å². The van der Waals surface area contributed by atoms with Crippen LogP contribution in [0.3, 0.4) is 0 Å². The van der Waals surface area contributed by atoms with Crippen molar-refractivity contribution in [2.24, 2.45) is 11.7 Å². The fourth-order valence-electron chi connectivity index (χ4n) is 3.14. The van der Waals surface area contributed by atoms with Crippen LogP contribution < -0.4 is 10.6 Å². The predicted octanol–water partition coefficient (Wildman–Crippen LogP) is 3.20. The third-order valence-electron chi connectivity index (χ3n) is 4.18. The highest BCUT2D eigenvalue weighted by atomic mass is 35.5. The minimum absolute atomic E-state index is 0.0568. The zero-order chi connectivity index (χ0) is 14.7. The van der Waals surface area contributed by atoms with Gasteiger partial charge in [-0.1, -0.05) is 30.5 Å². The summed E-state index contributed by atoms with van der Waals surface area (Å²) in [5, 5.41) is 11.6. The van der Waals surface area contributed by atoms with E-state index >= 15 is 0 Å². The number of nitrogens with zero attached hydrogens (tertiary/aromatic N) is 2. The molecule has 0 bridgehead atoms. The Morgan fingerprint density at radius 1 is 1.45 bits per heavy atom. The van der Waals surface area contributed by atoms with Crippen LogP contribution in [0.25, 0.3) is 0 Å². The molecule has 1 aromatic carbocycles. The number of nitrogens with two attached hydrogens (primary N) is 1. The van der Waals surface area contributed by atoms with E-state index in [0.717, 1.165) is 19.3 Å². The summed E-state index contributed by atoms with van der Waals surface area (Å²) in [5.74, 6) is 0.365. The second kappa shape index (κ2) is 6.41. The quantitative estimate of drug-likeness (QED) is 0.684. The first-order chi connectivity index (χ1) is 9.56. The predicted molar refractivity (Wildman–Crippen MR) is 81.3 cm³/mol. The van der Waals surface area contributed by atoms with E-state index in [9.17, 15) is 10.1 Å². The minimum atomic E-state index is -0.377. The number of benzene rings is 1. The molecule has 110 valence electrons. The number of hydrogen-bond donors (Lipinski definition) is 1. The molecule has 1 aliphatic rings. The Labute approximate surface area is 123 Å². The van der Waals surface area contributed by atoms with E-state index in [2.05, 4.69) is 0 Å². The van der Waals surface area contributed by atoms with E-state index in [1.165, 1.54) is 12.5 Å². The van der Waals surface area contributed by atoms with Gasteiger partial charge in [-0.05, 0) is 31.4 Å². The van der Waals surface area contributed by atoms with Gasteiger partial charge in [0.05, 0.1) is 9.95 Å². The molecule has 6 heteroatoms. The third kappa shape index (κ3) is 2.88. The molecule has 0 aliphatic heterocycles. The molecule has 0 amide bonds. The van der Waals surface area contributed by atoms with E-state index in [1.54, 1.807) is 12.1 Å². The first-order valence-corrected chi connectivity index (χ1v) is 7.30. The lowest BCUT2D eigenvalue weighted by Gasteiger charge is -2.38. The summed E-state index contributed by atoms with van der Waals surface area (Å²) in [6.07, 6.45) is 4.38. The first kappa shape index (κ1) is 15.1. The number of nitro groups is 1. The topological polar surface area (TPSA) is 72.4 Å². The van der Waals surface area contributed by atoms with Gasteiger partial charge in [0.25, 0.3) is 5.69 Å². The van der Waals surface area contributed by atoms with E-state index in [0.29, 0.717) is 23.2 Å². The first-order valence-electron chi connectivity index (χ1n) is 6.92. The van der Waals surface area contributed by atoms with Gasteiger partial charge >= 0.3 is 0 Å². The van der Waals surface area contributed by atoms with Gasteiger partial charge in [-0.25, -0.2) is 0 Å². The molecule has 2 N–H and O–H groups in total. The van der Waals surface area contributed by atoms with Crippen molar-refractivity contribution >= 4 is 23.0 Å². The molecule has 0 radical (unpaired) electrons. The normalized spacial score (nSPS) is 22.6. The second-order valence-corrected chi connectivity index (χ2v) is 5.73. The van der Waals surface area contributed by atoms with Crippen LogP contribution in [0.2, 0.25) is 5.02 Å². The highest BCUT2D eigenvalue weighted by Gasteiger charge is 2.31. The highest BCUT2D eigenvalue weighted by molar-refractivity contribution is 6.33. The van der Waals surface area contributed by atoms with E-state index in [1.807, 2.05) is 11.9 Å². The molecule has 0 saturated heterocycles. The number of rotatable bonds is 4. The number of para-hydroxylation sites is 1. The summed E-state index contributed by atoms with van der Waals surface area (Å²) in [6, 6.07) is 5.02. The molecular formula is C14H20ClN3O2. The van der Waals surface area contributed by atoms with E-state index in [-0.39, 0.29) is 16.7 Å². The lowest BCUT2D eigenvalue weighted by Crippen LogP contribution is -2.43. The Balaban J connectivity index is 2.37. The van der Waals surface area contributed by atoms with Crippen molar-refractivity contribution in [2.45, 2.75) is 31.7 Å². The van der Waals surface area contributed by atoms with Gasteiger partial charge in [-0.3, -0.25) is 10.1 Å². The lowest BCUT2D eigenvalue weighted by molar-refractivity contribution is -0.384. The Kier molecular flexibility index (Phi) is 4.83. The smallest absolute Gasteiger partial charge is 0.294 e. The molecule has 0 heterocycles. The van der Waals surface area contributed by atoms with Gasteiger partial charge in [0.2, 0.25) is 0 Å². The Bertz CT molecular complexity index is 495. The number of hydrogen-bond acceptors (Lipinski definition) is 4.